The average Bonchev–Trinajstić information content (AvgIpc) is 3.15. The Labute approximate surface area is 327 Å². The number of esters is 1. The molecule has 0 aromatic rings. The molecule has 0 rings (SSSR count). The Morgan fingerprint density at radius 1 is 0.365 bits per heavy atom. The van der Waals surface area contributed by atoms with Crippen LogP contribution >= 0.6 is 0 Å². The van der Waals surface area contributed by atoms with E-state index in [-0.39, 0.29) is 12.1 Å². The summed E-state index contributed by atoms with van der Waals surface area (Å²) >= 11 is 0. The van der Waals surface area contributed by atoms with Gasteiger partial charge in [-0.05, 0) is 32.1 Å². The Morgan fingerprint density at radius 2 is 0.654 bits per heavy atom. The predicted molar refractivity (Wildman–Crippen MR) is 229 cm³/mol. The first-order valence-electron chi connectivity index (χ1n) is 24.0. The van der Waals surface area contributed by atoms with Crippen molar-refractivity contribution in [3.05, 3.63) is 0 Å². The molecule has 52 heavy (non-hydrogen) atoms. The Morgan fingerprint density at radius 3 is 0.942 bits per heavy atom. The number of rotatable bonds is 46. The van der Waals surface area contributed by atoms with Crippen molar-refractivity contribution in [1.82, 2.24) is 0 Å². The highest BCUT2D eigenvalue weighted by atomic mass is 16.5. The minimum absolute atomic E-state index is 0.0369. The van der Waals surface area contributed by atoms with Crippen LogP contribution in [0.1, 0.15) is 271 Å². The molecule has 0 atom stereocenters. The summed E-state index contributed by atoms with van der Waals surface area (Å²) in [6.07, 6.45) is 53.8. The van der Waals surface area contributed by atoms with Gasteiger partial charge >= 0.3 is 5.97 Å². The van der Waals surface area contributed by atoms with Gasteiger partial charge in [0.05, 0.1) is 13.2 Å². The van der Waals surface area contributed by atoms with Gasteiger partial charge < -0.3 is 14.2 Å². The molecule has 0 fully saturated rings. The molecule has 0 N–H and O–H groups in total. The Hall–Kier alpha value is -0.610. The van der Waals surface area contributed by atoms with Gasteiger partial charge in [-0.1, -0.05) is 232 Å². The predicted octanol–water partition coefficient (Wildman–Crippen LogP) is 16.2. The van der Waals surface area contributed by atoms with E-state index in [2.05, 4.69) is 13.8 Å². The second-order valence-corrected chi connectivity index (χ2v) is 16.4. The summed E-state index contributed by atoms with van der Waals surface area (Å²) in [6, 6.07) is 0. The maximum Gasteiger partial charge on any atom is 0.306 e. The zero-order valence-electron chi connectivity index (χ0n) is 36.1. The molecule has 0 aromatic heterocycles. The van der Waals surface area contributed by atoms with Gasteiger partial charge in [-0.3, -0.25) is 4.79 Å². The van der Waals surface area contributed by atoms with E-state index in [1.54, 1.807) is 7.11 Å². The number of ether oxygens (including phenoxy) is 3. The summed E-state index contributed by atoms with van der Waals surface area (Å²) < 4.78 is 16.6. The molecule has 0 aliphatic heterocycles. The summed E-state index contributed by atoms with van der Waals surface area (Å²) in [5.74, 6) is -0.0369. The van der Waals surface area contributed by atoms with E-state index < -0.39 is 0 Å². The molecule has 0 saturated carbocycles. The van der Waals surface area contributed by atoms with Gasteiger partial charge in [0.15, 0.2) is 0 Å². The van der Waals surface area contributed by atoms with Crippen molar-refractivity contribution in [2.24, 2.45) is 0 Å². The van der Waals surface area contributed by atoms with Crippen LogP contribution in [-0.2, 0) is 19.0 Å². The quantitative estimate of drug-likeness (QED) is 0.0461. The van der Waals surface area contributed by atoms with Crippen molar-refractivity contribution < 1.29 is 19.0 Å². The van der Waals surface area contributed by atoms with Crippen LogP contribution < -0.4 is 0 Å². The summed E-state index contributed by atoms with van der Waals surface area (Å²) in [4.78, 5) is 12.6. The minimum atomic E-state index is -0.0369. The molecule has 0 heterocycles. The van der Waals surface area contributed by atoms with E-state index in [0.717, 1.165) is 19.3 Å². The Balaban J connectivity index is 3.90. The third kappa shape index (κ3) is 43.8. The third-order valence-electron chi connectivity index (χ3n) is 11.2. The molecular formula is C48H96O4. The lowest BCUT2D eigenvalue weighted by atomic mass is 10.0. The normalized spacial score (nSPS) is 11.6. The summed E-state index contributed by atoms with van der Waals surface area (Å²) in [7, 11) is 1.68. The maximum atomic E-state index is 12.6. The summed E-state index contributed by atoms with van der Waals surface area (Å²) in [5, 5.41) is 0. The first-order valence-corrected chi connectivity index (χ1v) is 24.0. The monoisotopic (exact) mass is 737 g/mol. The number of methoxy groups -OCH3 is 1. The zero-order valence-corrected chi connectivity index (χ0v) is 36.1. The molecule has 0 unspecified atom stereocenters. The lowest BCUT2D eigenvalue weighted by Gasteiger charge is -2.18. The molecule has 312 valence electrons. The van der Waals surface area contributed by atoms with Crippen molar-refractivity contribution >= 4 is 5.97 Å². The largest absolute Gasteiger partial charge is 0.462 e. The summed E-state index contributed by atoms with van der Waals surface area (Å²) in [6.45, 7) is 6.39. The molecule has 0 saturated heterocycles. The van der Waals surface area contributed by atoms with Crippen LogP contribution in [0.15, 0.2) is 0 Å². The van der Waals surface area contributed by atoms with Gasteiger partial charge in [-0.15, -0.1) is 0 Å². The van der Waals surface area contributed by atoms with Crippen LogP contribution in [0.2, 0.25) is 0 Å². The van der Waals surface area contributed by atoms with Crippen molar-refractivity contribution in [2.45, 2.75) is 277 Å². The Bertz CT molecular complexity index is 612. The SMILES string of the molecule is CCCCCCCCCCCCCCCCCCCCC(CCCCCCCCCCCCCCCCCCCC)OC(=O)CCCOCCOC. The van der Waals surface area contributed by atoms with Crippen LogP contribution in [0.4, 0.5) is 0 Å². The van der Waals surface area contributed by atoms with Crippen LogP contribution in [0, 0.1) is 0 Å². The summed E-state index contributed by atoms with van der Waals surface area (Å²) in [5.41, 5.74) is 0. The number of carbonyl (C=O) groups is 1. The fraction of sp³-hybridized carbons (Fsp3) is 0.979. The topological polar surface area (TPSA) is 44.8 Å². The second kappa shape index (κ2) is 46.5. The van der Waals surface area contributed by atoms with E-state index in [4.69, 9.17) is 14.2 Å². The number of hydrogen-bond donors (Lipinski definition) is 0. The first-order chi connectivity index (χ1) is 25.7. The van der Waals surface area contributed by atoms with Gasteiger partial charge in [0.25, 0.3) is 0 Å². The van der Waals surface area contributed by atoms with Gasteiger partial charge in [-0.25, -0.2) is 0 Å². The van der Waals surface area contributed by atoms with E-state index >= 15 is 0 Å². The lowest BCUT2D eigenvalue weighted by molar-refractivity contribution is -0.150. The van der Waals surface area contributed by atoms with Gasteiger partial charge in [0, 0.05) is 20.1 Å². The Kier molecular flexibility index (Phi) is 46.0. The minimum Gasteiger partial charge on any atom is -0.462 e. The zero-order chi connectivity index (χ0) is 37.7. The molecule has 4 nitrogen and oxygen atoms in total. The van der Waals surface area contributed by atoms with Crippen LogP contribution in [0.3, 0.4) is 0 Å². The smallest absolute Gasteiger partial charge is 0.306 e. The van der Waals surface area contributed by atoms with Crippen molar-refractivity contribution in [1.29, 1.82) is 0 Å². The molecular weight excluding hydrogens is 641 g/mol. The van der Waals surface area contributed by atoms with Crippen LogP contribution in [0.5, 0.6) is 0 Å². The number of hydrogen-bond acceptors (Lipinski definition) is 4. The molecule has 0 bridgehead atoms. The molecule has 0 amide bonds. The van der Waals surface area contributed by atoms with E-state index in [1.807, 2.05) is 0 Å². The average molecular weight is 737 g/mol. The molecule has 0 aliphatic carbocycles. The van der Waals surface area contributed by atoms with Gasteiger partial charge in [0.1, 0.15) is 6.10 Å². The van der Waals surface area contributed by atoms with Crippen LogP contribution in [-0.4, -0.2) is 39.0 Å². The second-order valence-electron chi connectivity index (χ2n) is 16.4. The van der Waals surface area contributed by atoms with Crippen molar-refractivity contribution in [3.8, 4) is 0 Å². The van der Waals surface area contributed by atoms with Crippen molar-refractivity contribution in [3.63, 3.8) is 0 Å². The highest BCUT2D eigenvalue weighted by Crippen LogP contribution is 2.20. The van der Waals surface area contributed by atoms with E-state index in [9.17, 15) is 4.79 Å². The first kappa shape index (κ1) is 51.4. The standard InChI is InChI=1S/C48H96O4/c1-4-6-8-10-12-14-16-18-20-22-24-26-28-30-32-34-36-38-41-47(52-48(49)43-40-44-51-46-45-50-3)42-39-37-35-33-31-29-27-25-23-21-19-17-15-13-11-9-7-5-2/h47H,4-46H2,1-3H3. The van der Waals surface area contributed by atoms with E-state index in [1.165, 1.54) is 231 Å². The third-order valence-corrected chi connectivity index (χ3v) is 11.2. The number of carbonyl (C=O) groups excluding carboxylic acids is 1. The lowest BCUT2D eigenvalue weighted by Crippen LogP contribution is -2.19. The van der Waals surface area contributed by atoms with Gasteiger partial charge in [0.2, 0.25) is 0 Å². The van der Waals surface area contributed by atoms with Crippen molar-refractivity contribution in [2.75, 3.05) is 26.9 Å². The van der Waals surface area contributed by atoms with Crippen LogP contribution in [0.25, 0.3) is 0 Å². The highest BCUT2D eigenvalue weighted by Gasteiger charge is 2.14. The van der Waals surface area contributed by atoms with Gasteiger partial charge in [-0.2, -0.15) is 0 Å². The number of unbranched alkanes of at least 4 members (excludes halogenated alkanes) is 34. The molecule has 0 aromatic carbocycles. The fourth-order valence-electron chi connectivity index (χ4n) is 7.62. The maximum absolute atomic E-state index is 12.6. The molecule has 0 radical (unpaired) electrons. The molecule has 4 heteroatoms. The fourth-order valence-corrected chi connectivity index (χ4v) is 7.62. The molecule has 0 spiro atoms. The highest BCUT2D eigenvalue weighted by molar-refractivity contribution is 5.69. The molecule has 0 aliphatic rings. The van der Waals surface area contributed by atoms with E-state index in [0.29, 0.717) is 26.2 Å².